The molecule has 3 unspecified atom stereocenters. The molecule has 2 aliphatic rings. The number of amides is 2. The quantitative estimate of drug-likeness (QED) is 0.809. The average Bonchev–Trinajstić information content (AvgIpc) is 3.03. The highest BCUT2D eigenvalue weighted by Crippen LogP contribution is 2.47. The molecule has 0 spiro atoms. The fraction of sp³-hybridized carbons (Fsp3) is 0.462. The van der Waals surface area contributed by atoms with E-state index in [-0.39, 0.29) is 11.9 Å². The number of carbonyl (C=O) groups is 2. The lowest BCUT2D eigenvalue weighted by molar-refractivity contribution is -0.120. The number of carbonyl (C=O) groups excluding carboxylic acids is 1. The van der Waals surface area contributed by atoms with E-state index in [2.05, 4.69) is 26.2 Å². The summed E-state index contributed by atoms with van der Waals surface area (Å²) in [6.45, 7) is 1.84. The summed E-state index contributed by atoms with van der Waals surface area (Å²) in [5.41, 5.74) is 0.839. The summed E-state index contributed by atoms with van der Waals surface area (Å²) >= 11 is 3.25. The van der Waals surface area contributed by atoms with E-state index in [4.69, 9.17) is 0 Å². The molecule has 0 radical (unpaired) electrons. The molecule has 0 bridgehead atoms. The summed E-state index contributed by atoms with van der Waals surface area (Å²) in [6.07, 6.45) is 0.467. The van der Waals surface area contributed by atoms with E-state index < -0.39 is 12.1 Å². The van der Waals surface area contributed by atoms with Gasteiger partial charge in [-0.15, -0.1) is 0 Å². The van der Waals surface area contributed by atoms with Crippen molar-refractivity contribution in [2.24, 2.45) is 5.92 Å². The number of hydrogen-bond donors (Lipinski definition) is 2. The smallest absolute Gasteiger partial charge is 0.408 e. The number of pyridine rings is 1. The highest BCUT2D eigenvalue weighted by molar-refractivity contribution is 9.10. The first-order chi connectivity index (χ1) is 9.47. The molecule has 2 N–H and O–H groups in total. The van der Waals surface area contributed by atoms with Crippen molar-refractivity contribution in [3.8, 4) is 0 Å². The summed E-state index contributed by atoms with van der Waals surface area (Å²) in [5, 5.41) is 12.0. The van der Waals surface area contributed by atoms with E-state index in [9.17, 15) is 14.7 Å². The number of rotatable bonds is 2. The first kappa shape index (κ1) is 13.4. The van der Waals surface area contributed by atoms with Gasteiger partial charge in [0.2, 0.25) is 5.91 Å². The van der Waals surface area contributed by atoms with Crippen molar-refractivity contribution in [2.45, 2.75) is 31.8 Å². The van der Waals surface area contributed by atoms with Crippen LogP contribution in [-0.2, 0) is 4.79 Å². The molecule has 0 aromatic carbocycles. The zero-order valence-corrected chi connectivity index (χ0v) is 12.4. The van der Waals surface area contributed by atoms with Crippen molar-refractivity contribution in [1.82, 2.24) is 9.88 Å². The number of carboxylic acid groups (broad SMARTS) is 1. The summed E-state index contributed by atoms with van der Waals surface area (Å²) in [7, 11) is 0. The Morgan fingerprint density at radius 1 is 1.45 bits per heavy atom. The van der Waals surface area contributed by atoms with Crippen LogP contribution >= 0.6 is 15.9 Å². The Labute approximate surface area is 124 Å². The molecule has 20 heavy (non-hydrogen) atoms. The van der Waals surface area contributed by atoms with Crippen LogP contribution < -0.4 is 5.32 Å². The number of likely N-dealkylation sites (tertiary alicyclic amines) is 1. The van der Waals surface area contributed by atoms with E-state index in [0.717, 1.165) is 12.0 Å². The third-order valence-corrected chi connectivity index (χ3v) is 4.37. The highest BCUT2D eigenvalue weighted by atomic mass is 79.9. The SMILES string of the molecule is Cc1ccc(Br)nc1NC(=O)C1CC2CC2N1C(=O)O. The van der Waals surface area contributed by atoms with Crippen LogP contribution in [0.3, 0.4) is 0 Å². The molecule has 1 saturated carbocycles. The van der Waals surface area contributed by atoms with Crippen molar-refractivity contribution in [3.05, 3.63) is 22.3 Å². The van der Waals surface area contributed by atoms with Crippen molar-refractivity contribution >= 4 is 33.7 Å². The van der Waals surface area contributed by atoms with Crippen LogP contribution in [0.15, 0.2) is 16.7 Å². The van der Waals surface area contributed by atoms with Crippen LogP contribution in [0.4, 0.5) is 10.6 Å². The summed E-state index contributed by atoms with van der Waals surface area (Å²) in [6, 6.07) is 3.06. The van der Waals surface area contributed by atoms with Gasteiger partial charge in [-0.1, -0.05) is 6.07 Å². The standard InChI is InChI=1S/C13H14BrN3O3/c1-6-2-3-10(14)15-11(6)16-12(18)9-5-7-4-8(7)17(9)13(19)20/h2-3,7-9H,4-5H2,1H3,(H,19,20)(H,15,16,18). The van der Waals surface area contributed by atoms with Gasteiger partial charge in [0.25, 0.3) is 0 Å². The number of piperidine rings is 1. The second-order valence-electron chi connectivity index (χ2n) is 5.29. The molecule has 3 rings (SSSR count). The van der Waals surface area contributed by atoms with Gasteiger partial charge in [0.05, 0.1) is 0 Å². The van der Waals surface area contributed by atoms with Gasteiger partial charge in [-0.05, 0) is 53.2 Å². The predicted octanol–water partition coefficient (Wildman–Crippen LogP) is 2.23. The molecule has 1 aliphatic carbocycles. The fourth-order valence-electron chi connectivity index (χ4n) is 2.80. The minimum absolute atomic E-state index is 0.0276. The lowest BCUT2D eigenvalue weighted by Crippen LogP contribution is -2.45. The Morgan fingerprint density at radius 3 is 2.90 bits per heavy atom. The Bertz CT molecular complexity index is 592. The Kier molecular flexibility index (Phi) is 3.16. The van der Waals surface area contributed by atoms with Crippen molar-refractivity contribution < 1.29 is 14.7 Å². The van der Waals surface area contributed by atoms with E-state index in [1.165, 1.54) is 4.90 Å². The van der Waals surface area contributed by atoms with Crippen molar-refractivity contribution in [1.29, 1.82) is 0 Å². The van der Waals surface area contributed by atoms with E-state index in [1.54, 1.807) is 6.07 Å². The van der Waals surface area contributed by atoms with Crippen LogP contribution in [0.1, 0.15) is 18.4 Å². The number of anilines is 1. The number of fused-ring (bicyclic) bond motifs is 1. The van der Waals surface area contributed by atoms with Crippen LogP contribution in [0.25, 0.3) is 0 Å². The van der Waals surface area contributed by atoms with Crippen LogP contribution in [0, 0.1) is 12.8 Å². The van der Waals surface area contributed by atoms with Crippen molar-refractivity contribution in [2.75, 3.05) is 5.32 Å². The maximum atomic E-state index is 12.3. The monoisotopic (exact) mass is 339 g/mol. The molecule has 2 amide bonds. The van der Waals surface area contributed by atoms with Crippen LogP contribution in [0.5, 0.6) is 0 Å². The largest absolute Gasteiger partial charge is 0.465 e. The molecule has 7 heteroatoms. The minimum atomic E-state index is -1.02. The third-order valence-electron chi connectivity index (χ3n) is 3.93. The normalized spacial score (nSPS) is 27.1. The molecule has 3 atom stereocenters. The first-order valence-corrected chi connectivity index (χ1v) is 7.22. The number of nitrogens with zero attached hydrogens (tertiary/aromatic N) is 2. The van der Waals surface area contributed by atoms with Gasteiger partial charge in [0.1, 0.15) is 16.5 Å². The van der Waals surface area contributed by atoms with Gasteiger partial charge in [0, 0.05) is 6.04 Å². The number of hydrogen-bond acceptors (Lipinski definition) is 3. The maximum Gasteiger partial charge on any atom is 0.408 e. The molecule has 1 aromatic heterocycles. The fourth-order valence-corrected chi connectivity index (χ4v) is 3.11. The Balaban J connectivity index is 1.76. The lowest BCUT2D eigenvalue weighted by Gasteiger charge is -2.23. The Morgan fingerprint density at radius 2 is 2.20 bits per heavy atom. The molecule has 1 aliphatic heterocycles. The van der Waals surface area contributed by atoms with Gasteiger partial charge in [-0.3, -0.25) is 9.69 Å². The zero-order chi connectivity index (χ0) is 14.4. The number of aromatic nitrogens is 1. The number of halogens is 1. The molecule has 1 saturated heterocycles. The third kappa shape index (κ3) is 2.26. The second-order valence-corrected chi connectivity index (χ2v) is 6.11. The first-order valence-electron chi connectivity index (χ1n) is 6.42. The van der Waals surface area contributed by atoms with E-state index in [0.29, 0.717) is 22.8 Å². The maximum absolute atomic E-state index is 12.3. The molecular formula is C13H14BrN3O3. The minimum Gasteiger partial charge on any atom is -0.465 e. The Hall–Kier alpha value is -1.63. The van der Waals surface area contributed by atoms with Gasteiger partial charge in [-0.2, -0.15) is 0 Å². The summed E-state index contributed by atoms with van der Waals surface area (Å²) in [5.74, 6) is 0.516. The van der Waals surface area contributed by atoms with Gasteiger partial charge < -0.3 is 10.4 Å². The van der Waals surface area contributed by atoms with Crippen LogP contribution in [-0.4, -0.2) is 39.1 Å². The van der Waals surface area contributed by atoms with Gasteiger partial charge in [-0.25, -0.2) is 9.78 Å². The molecule has 1 aromatic rings. The molecule has 6 nitrogen and oxygen atoms in total. The van der Waals surface area contributed by atoms with Crippen molar-refractivity contribution in [3.63, 3.8) is 0 Å². The molecular weight excluding hydrogens is 326 g/mol. The molecule has 2 fully saturated rings. The van der Waals surface area contributed by atoms with E-state index in [1.807, 2.05) is 13.0 Å². The number of nitrogens with one attached hydrogen (secondary N) is 1. The zero-order valence-electron chi connectivity index (χ0n) is 10.8. The topological polar surface area (TPSA) is 82.5 Å². The second kappa shape index (κ2) is 4.73. The van der Waals surface area contributed by atoms with E-state index >= 15 is 0 Å². The lowest BCUT2D eigenvalue weighted by atomic mass is 10.1. The highest BCUT2D eigenvalue weighted by Gasteiger charge is 2.56. The number of aryl methyl sites for hydroxylation is 1. The van der Waals surface area contributed by atoms with Gasteiger partial charge >= 0.3 is 6.09 Å². The van der Waals surface area contributed by atoms with Gasteiger partial charge in [0.15, 0.2) is 0 Å². The molecule has 2 heterocycles. The molecule has 106 valence electrons. The summed E-state index contributed by atoms with van der Waals surface area (Å²) in [4.78, 5) is 29.0. The average molecular weight is 340 g/mol. The predicted molar refractivity (Wildman–Crippen MR) is 75.5 cm³/mol. The summed E-state index contributed by atoms with van der Waals surface area (Å²) < 4.78 is 0.628. The van der Waals surface area contributed by atoms with Crippen LogP contribution in [0.2, 0.25) is 0 Å².